The summed E-state index contributed by atoms with van der Waals surface area (Å²) in [7, 11) is 0. The summed E-state index contributed by atoms with van der Waals surface area (Å²) >= 11 is 9.29. The Kier molecular flexibility index (Phi) is 4.84. The van der Waals surface area contributed by atoms with E-state index in [4.69, 9.17) is 21.4 Å². The first-order valence-corrected chi connectivity index (χ1v) is 9.32. The van der Waals surface area contributed by atoms with Crippen molar-refractivity contribution in [2.45, 2.75) is 12.7 Å². The van der Waals surface area contributed by atoms with Gasteiger partial charge in [-0.05, 0) is 52.3 Å². The lowest BCUT2D eigenvalue weighted by molar-refractivity contribution is -0.136. The van der Waals surface area contributed by atoms with E-state index in [2.05, 4.69) is 26.1 Å². The number of hydrogen-bond acceptors (Lipinski definition) is 4. The highest BCUT2D eigenvalue weighted by Crippen LogP contribution is 2.38. The molecule has 0 aliphatic heterocycles. The van der Waals surface area contributed by atoms with Gasteiger partial charge >= 0.3 is 6.18 Å². The molecule has 4 rings (SSSR count). The number of halogens is 5. The van der Waals surface area contributed by atoms with Crippen LogP contribution in [0.3, 0.4) is 0 Å². The van der Waals surface area contributed by atoms with Crippen molar-refractivity contribution in [2.24, 2.45) is 0 Å². The van der Waals surface area contributed by atoms with Crippen molar-refractivity contribution in [3.63, 3.8) is 0 Å². The van der Waals surface area contributed by atoms with Gasteiger partial charge in [0.2, 0.25) is 0 Å². The Morgan fingerprint density at radius 1 is 1.21 bits per heavy atom. The maximum Gasteiger partial charge on any atom is 0.418 e. The lowest BCUT2D eigenvalue weighted by Gasteiger charge is -2.11. The van der Waals surface area contributed by atoms with Gasteiger partial charge in [0.15, 0.2) is 5.82 Å². The van der Waals surface area contributed by atoms with Crippen LogP contribution in [0.25, 0.3) is 22.4 Å². The maximum absolute atomic E-state index is 13.4. The largest absolute Gasteiger partial charge is 0.418 e. The first kappa shape index (κ1) is 19.5. The standard InChI is InChI=1S/C19H9BrClF3N4O/c20-13-7-10(1-3-14(13)21)18-26-16(27-29-18)9-28-6-5-12-15(28)4-2-11(8-25)17(12)19(22,23)24/h1-7H,9H2. The molecule has 0 fully saturated rings. The molecular formula is C19H9BrClF3N4O. The van der Waals surface area contributed by atoms with E-state index in [1.807, 2.05) is 0 Å². The topological polar surface area (TPSA) is 67.6 Å². The van der Waals surface area contributed by atoms with Gasteiger partial charge in [-0.25, -0.2) is 0 Å². The summed E-state index contributed by atoms with van der Waals surface area (Å²) in [5.41, 5.74) is -0.402. The summed E-state index contributed by atoms with van der Waals surface area (Å²) in [6.45, 7) is 0.102. The lowest BCUT2D eigenvalue weighted by Crippen LogP contribution is -2.09. The maximum atomic E-state index is 13.4. The molecule has 0 saturated heterocycles. The van der Waals surface area contributed by atoms with Crippen molar-refractivity contribution in [1.29, 1.82) is 5.26 Å². The first-order valence-electron chi connectivity index (χ1n) is 8.15. The van der Waals surface area contributed by atoms with Gasteiger partial charge in [0.25, 0.3) is 5.89 Å². The van der Waals surface area contributed by atoms with Crippen LogP contribution in [0.4, 0.5) is 13.2 Å². The van der Waals surface area contributed by atoms with Gasteiger partial charge in [-0.15, -0.1) is 0 Å². The minimum atomic E-state index is -4.64. The predicted octanol–water partition coefficient (Wildman–Crippen LogP) is 6.05. The fraction of sp³-hybridized carbons (Fsp3) is 0.105. The molecule has 5 nitrogen and oxygen atoms in total. The van der Waals surface area contributed by atoms with Crippen molar-refractivity contribution in [3.8, 4) is 17.5 Å². The van der Waals surface area contributed by atoms with E-state index in [1.54, 1.807) is 28.8 Å². The second kappa shape index (κ2) is 7.21. The number of aromatic nitrogens is 3. The Morgan fingerprint density at radius 3 is 2.69 bits per heavy atom. The van der Waals surface area contributed by atoms with Crippen molar-refractivity contribution >= 4 is 38.4 Å². The zero-order valence-electron chi connectivity index (χ0n) is 14.3. The highest BCUT2D eigenvalue weighted by atomic mass is 79.9. The van der Waals surface area contributed by atoms with Gasteiger partial charge in [0, 0.05) is 27.1 Å². The number of alkyl halides is 3. The molecule has 0 amide bonds. The molecule has 0 aliphatic carbocycles. The molecule has 0 radical (unpaired) electrons. The number of hydrogen-bond donors (Lipinski definition) is 0. The van der Waals surface area contributed by atoms with Crippen LogP contribution < -0.4 is 0 Å². The Bertz CT molecular complexity index is 1270. The molecule has 146 valence electrons. The van der Waals surface area contributed by atoms with E-state index in [-0.39, 0.29) is 17.8 Å². The van der Waals surface area contributed by atoms with Crippen LogP contribution in [0.5, 0.6) is 0 Å². The van der Waals surface area contributed by atoms with Crippen molar-refractivity contribution in [3.05, 3.63) is 69.0 Å². The van der Waals surface area contributed by atoms with Crippen LogP contribution in [0.1, 0.15) is 17.0 Å². The Balaban J connectivity index is 1.70. The van der Waals surface area contributed by atoms with E-state index < -0.39 is 17.3 Å². The summed E-state index contributed by atoms with van der Waals surface area (Å²) < 4.78 is 47.8. The van der Waals surface area contributed by atoms with Crippen LogP contribution in [-0.2, 0) is 12.7 Å². The summed E-state index contributed by atoms with van der Waals surface area (Å²) in [6, 6.07) is 10.7. The molecule has 0 bridgehead atoms. The van der Waals surface area contributed by atoms with Gasteiger partial charge < -0.3 is 9.09 Å². The molecule has 0 saturated carbocycles. The number of rotatable bonds is 3. The molecule has 29 heavy (non-hydrogen) atoms. The van der Waals surface area contributed by atoms with Crippen LogP contribution in [0.2, 0.25) is 5.02 Å². The van der Waals surface area contributed by atoms with Crippen molar-refractivity contribution in [1.82, 2.24) is 14.7 Å². The number of fused-ring (bicyclic) bond motifs is 1. The third-order valence-corrected chi connectivity index (χ3v) is 5.52. The molecule has 0 spiro atoms. The zero-order chi connectivity index (χ0) is 20.8. The van der Waals surface area contributed by atoms with Gasteiger partial charge in [0.05, 0.1) is 28.8 Å². The summed E-state index contributed by atoms with van der Waals surface area (Å²) in [6.07, 6.45) is -3.14. The fourth-order valence-electron chi connectivity index (χ4n) is 3.03. The van der Waals surface area contributed by atoms with E-state index >= 15 is 0 Å². The first-order chi connectivity index (χ1) is 13.8. The van der Waals surface area contributed by atoms with Gasteiger partial charge in [0.1, 0.15) is 0 Å². The highest BCUT2D eigenvalue weighted by molar-refractivity contribution is 9.10. The quantitative estimate of drug-likeness (QED) is 0.357. The lowest BCUT2D eigenvalue weighted by atomic mass is 10.0. The molecule has 0 N–H and O–H groups in total. The van der Waals surface area contributed by atoms with Crippen LogP contribution in [0.15, 0.2) is 51.6 Å². The smallest absolute Gasteiger partial charge is 0.340 e. The molecule has 2 aromatic carbocycles. The molecule has 0 aliphatic rings. The SMILES string of the molecule is N#Cc1ccc2c(ccn2Cc2noc(-c3ccc(Cl)c(Br)c3)n2)c1C(F)(F)F. The second-order valence-corrected chi connectivity index (χ2v) is 7.38. The molecule has 2 heterocycles. The monoisotopic (exact) mass is 480 g/mol. The second-order valence-electron chi connectivity index (χ2n) is 6.12. The minimum absolute atomic E-state index is 0.0538. The summed E-state index contributed by atoms with van der Waals surface area (Å²) in [5, 5.41) is 13.4. The Labute approximate surface area is 175 Å². The van der Waals surface area contributed by atoms with E-state index in [1.165, 1.54) is 18.3 Å². The molecule has 10 heteroatoms. The molecule has 0 unspecified atom stereocenters. The zero-order valence-corrected chi connectivity index (χ0v) is 16.7. The van der Waals surface area contributed by atoms with Gasteiger partial charge in [-0.2, -0.15) is 23.4 Å². The van der Waals surface area contributed by atoms with E-state index in [0.717, 1.165) is 6.07 Å². The molecule has 0 atom stereocenters. The third kappa shape index (κ3) is 3.61. The summed E-state index contributed by atoms with van der Waals surface area (Å²) in [5.74, 6) is 0.554. The van der Waals surface area contributed by atoms with Gasteiger partial charge in [-0.1, -0.05) is 16.8 Å². The molecule has 4 aromatic rings. The van der Waals surface area contributed by atoms with Crippen molar-refractivity contribution in [2.75, 3.05) is 0 Å². The number of nitriles is 1. The Morgan fingerprint density at radius 2 is 2.00 bits per heavy atom. The Hall–Kier alpha value is -2.83. The van der Waals surface area contributed by atoms with E-state index in [9.17, 15) is 13.2 Å². The van der Waals surface area contributed by atoms with Crippen molar-refractivity contribution < 1.29 is 17.7 Å². The van der Waals surface area contributed by atoms with E-state index in [0.29, 0.717) is 26.4 Å². The van der Waals surface area contributed by atoms with Crippen LogP contribution >= 0.6 is 27.5 Å². The summed E-state index contributed by atoms with van der Waals surface area (Å²) in [4.78, 5) is 4.30. The normalized spacial score (nSPS) is 11.7. The third-order valence-electron chi connectivity index (χ3n) is 4.30. The number of nitrogens with zero attached hydrogens (tertiary/aromatic N) is 4. The molecule has 2 aromatic heterocycles. The van der Waals surface area contributed by atoms with Gasteiger partial charge in [-0.3, -0.25) is 0 Å². The minimum Gasteiger partial charge on any atom is -0.340 e. The average molecular weight is 482 g/mol. The average Bonchev–Trinajstić information content (AvgIpc) is 3.30. The number of benzene rings is 2. The highest BCUT2D eigenvalue weighted by Gasteiger charge is 2.36. The van der Waals surface area contributed by atoms with Crippen LogP contribution in [0, 0.1) is 11.3 Å². The fourth-order valence-corrected chi connectivity index (χ4v) is 3.52. The predicted molar refractivity (Wildman–Crippen MR) is 103 cm³/mol. The van der Waals surface area contributed by atoms with Crippen LogP contribution in [-0.4, -0.2) is 14.7 Å². The molecular weight excluding hydrogens is 473 g/mol.